The average molecular weight is 287 g/mol. The molecule has 1 aliphatic carbocycles. The molecule has 0 unspecified atom stereocenters. The van der Waals surface area contributed by atoms with E-state index in [0.29, 0.717) is 12.5 Å². The first-order chi connectivity index (χ1) is 8.90. The van der Waals surface area contributed by atoms with Gasteiger partial charge in [0.05, 0.1) is 6.54 Å². The molecule has 8 heteroatoms. The van der Waals surface area contributed by atoms with Crippen molar-refractivity contribution < 1.29 is 8.42 Å². The van der Waals surface area contributed by atoms with Gasteiger partial charge in [-0.3, -0.25) is 4.68 Å². The summed E-state index contributed by atoms with van der Waals surface area (Å²) in [5.41, 5.74) is 0. The van der Waals surface area contributed by atoms with Gasteiger partial charge in [-0.1, -0.05) is 0 Å². The fraction of sp³-hybridized carbons (Fsp3) is 0.818. The van der Waals surface area contributed by atoms with Crippen molar-refractivity contribution in [3.8, 4) is 0 Å². The Bertz CT molecular complexity index is 497. The fourth-order valence-electron chi connectivity index (χ4n) is 2.08. The maximum absolute atomic E-state index is 12.2. The molecule has 0 spiro atoms. The summed E-state index contributed by atoms with van der Waals surface area (Å²) in [6.45, 7) is 4.23. The lowest BCUT2D eigenvalue weighted by atomic mass is 10.2. The van der Waals surface area contributed by atoms with E-state index < -0.39 is 10.2 Å². The predicted molar refractivity (Wildman–Crippen MR) is 71.5 cm³/mol. The van der Waals surface area contributed by atoms with Crippen LogP contribution in [0.15, 0.2) is 12.7 Å². The topological polar surface area (TPSA) is 80.1 Å². The van der Waals surface area contributed by atoms with E-state index in [0.717, 1.165) is 12.8 Å². The van der Waals surface area contributed by atoms with Gasteiger partial charge in [0.1, 0.15) is 12.7 Å². The van der Waals surface area contributed by atoms with E-state index in [1.54, 1.807) is 18.1 Å². The van der Waals surface area contributed by atoms with Crippen LogP contribution in [0, 0.1) is 5.92 Å². The lowest BCUT2D eigenvalue weighted by molar-refractivity contribution is 0.345. The molecule has 0 saturated heterocycles. The normalized spacial score (nSPS) is 19.6. The minimum absolute atomic E-state index is 0.0519. The second-order valence-electron chi connectivity index (χ2n) is 5.24. The third kappa shape index (κ3) is 3.74. The second-order valence-corrected chi connectivity index (χ2v) is 7.00. The molecule has 2 atom stereocenters. The maximum Gasteiger partial charge on any atom is 0.279 e. The molecule has 19 heavy (non-hydrogen) atoms. The van der Waals surface area contributed by atoms with Crippen LogP contribution in [0.2, 0.25) is 0 Å². The minimum atomic E-state index is -3.45. The summed E-state index contributed by atoms with van der Waals surface area (Å²) >= 11 is 0. The number of rotatable bonds is 7. The van der Waals surface area contributed by atoms with Crippen LogP contribution in [-0.2, 0) is 16.8 Å². The number of aromatic nitrogens is 3. The van der Waals surface area contributed by atoms with Crippen molar-refractivity contribution in [2.75, 3.05) is 7.05 Å². The molecule has 7 nitrogen and oxygen atoms in total. The zero-order valence-corrected chi connectivity index (χ0v) is 12.3. The van der Waals surface area contributed by atoms with Crippen molar-refractivity contribution in [3.63, 3.8) is 0 Å². The third-order valence-electron chi connectivity index (χ3n) is 3.53. The van der Waals surface area contributed by atoms with E-state index in [4.69, 9.17) is 0 Å². The van der Waals surface area contributed by atoms with Gasteiger partial charge in [0.2, 0.25) is 0 Å². The molecular formula is C11H21N5O2S. The average Bonchev–Trinajstić information content (AvgIpc) is 3.06. The van der Waals surface area contributed by atoms with Crippen molar-refractivity contribution >= 4 is 10.2 Å². The van der Waals surface area contributed by atoms with Crippen molar-refractivity contribution in [1.29, 1.82) is 0 Å². The molecule has 0 bridgehead atoms. The SMILES string of the molecule is C[C@@H](Cn1cncn1)NS(=O)(=O)N(C)[C@@H](C)C1CC1. The smallest absolute Gasteiger partial charge is 0.251 e. The Morgan fingerprint density at radius 1 is 1.47 bits per heavy atom. The number of hydrogen-bond acceptors (Lipinski definition) is 4. The quantitative estimate of drug-likeness (QED) is 0.778. The van der Waals surface area contributed by atoms with E-state index in [1.807, 2.05) is 13.8 Å². The summed E-state index contributed by atoms with van der Waals surface area (Å²) in [4.78, 5) is 3.83. The molecule has 1 aromatic rings. The van der Waals surface area contributed by atoms with Gasteiger partial charge in [0, 0.05) is 19.1 Å². The Balaban J connectivity index is 1.92. The lowest BCUT2D eigenvalue weighted by Gasteiger charge is -2.26. The zero-order valence-electron chi connectivity index (χ0n) is 11.5. The van der Waals surface area contributed by atoms with E-state index in [1.165, 1.54) is 10.6 Å². The Hall–Kier alpha value is -0.990. The van der Waals surface area contributed by atoms with Gasteiger partial charge in [0.25, 0.3) is 10.2 Å². The molecule has 0 amide bonds. The highest BCUT2D eigenvalue weighted by Crippen LogP contribution is 2.35. The summed E-state index contributed by atoms with van der Waals surface area (Å²) in [5, 5.41) is 3.96. The van der Waals surface area contributed by atoms with Crippen LogP contribution in [0.25, 0.3) is 0 Å². The van der Waals surface area contributed by atoms with Crippen molar-refractivity contribution in [2.45, 2.75) is 45.3 Å². The van der Waals surface area contributed by atoms with Crippen molar-refractivity contribution in [3.05, 3.63) is 12.7 Å². The standard InChI is InChI=1S/C11H21N5O2S/c1-9(6-16-8-12-7-13-16)14-19(17,18)15(3)10(2)11-4-5-11/h7-11,14H,4-6H2,1-3H3/t9-,10-/m0/s1. The number of hydrogen-bond donors (Lipinski definition) is 1. The number of nitrogens with one attached hydrogen (secondary N) is 1. The van der Waals surface area contributed by atoms with Crippen molar-refractivity contribution in [2.24, 2.45) is 5.92 Å². The Morgan fingerprint density at radius 2 is 2.16 bits per heavy atom. The molecule has 0 aromatic carbocycles. The molecule has 108 valence electrons. The van der Waals surface area contributed by atoms with Crippen LogP contribution < -0.4 is 4.72 Å². The van der Waals surface area contributed by atoms with Crippen LogP contribution in [0.5, 0.6) is 0 Å². The van der Waals surface area contributed by atoms with Gasteiger partial charge < -0.3 is 0 Å². The van der Waals surface area contributed by atoms with E-state index >= 15 is 0 Å². The molecule has 2 rings (SSSR count). The summed E-state index contributed by atoms with van der Waals surface area (Å²) in [6, 6.07) is -0.184. The lowest BCUT2D eigenvalue weighted by Crippen LogP contribution is -2.47. The molecule has 0 aliphatic heterocycles. The van der Waals surface area contributed by atoms with Gasteiger partial charge in [-0.25, -0.2) is 4.98 Å². The first-order valence-electron chi connectivity index (χ1n) is 6.48. The van der Waals surface area contributed by atoms with E-state index in [2.05, 4.69) is 14.8 Å². The van der Waals surface area contributed by atoms with Crippen LogP contribution >= 0.6 is 0 Å². The maximum atomic E-state index is 12.2. The minimum Gasteiger partial charge on any atom is -0.251 e. The van der Waals surface area contributed by atoms with Gasteiger partial charge in [0.15, 0.2) is 0 Å². The fourth-order valence-corrected chi connectivity index (χ4v) is 3.44. The molecule has 1 fully saturated rings. The molecule has 0 radical (unpaired) electrons. The Labute approximate surface area is 114 Å². The van der Waals surface area contributed by atoms with E-state index in [-0.39, 0.29) is 12.1 Å². The first kappa shape index (κ1) is 14.4. The van der Waals surface area contributed by atoms with Crippen molar-refractivity contribution in [1.82, 2.24) is 23.8 Å². The highest BCUT2D eigenvalue weighted by atomic mass is 32.2. The largest absolute Gasteiger partial charge is 0.279 e. The molecule has 1 aromatic heterocycles. The zero-order chi connectivity index (χ0) is 14.0. The highest BCUT2D eigenvalue weighted by Gasteiger charge is 2.35. The highest BCUT2D eigenvalue weighted by molar-refractivity contribution is 7.87. The van der Waals surface area contributed by atoms with E-state index in [9.17, 15) is 8.42 Å². The first-order valence-corrected chi connectivity index (χ1v) is 7.92. The van der Waals surface area contributed by atoms with Crippen LogP contribution in [0.1, 0.15) is 26.7 Å². The van der Waals surface area contributed by atoms with Crippen LogP contribution in [0.3, 0.4) is 0 Å². The Kier molecular flexibility index (Phi) is 4.22. The van der Waals surface area contributed by atoms with Gasteiger partial charge >= 0.3 is 0 Å². The molecule has 1 N–H and O–H groups in total. The number of nitrogens with zero attached hydrogens (tertiary/aromatic N) is 4. The van der Waals surface area contributed by atoms with Crippen LogP contribution in [-0.4, -0.2) is 46.6 Å². The monoisotopic (exact) mass is 287 g/mol. The summed E-state index contributed by atoms with van der Waals surface area (Å²) < 4.78 is 30.1. The van der Waals surface area contributed by atoms with Gasteiger partial charge in [-0.15, -0.1) is 0 Å². The molecule has 1 saturated carbocycles. The third-order valence-corrected chi connectivity index (χ3v) is 5.33. The summed E-state index contributed by atoms with van der Waals surface area (Å²) in [5.74, 6) is 0.507. The molecular weight excluding hydrogens is 266 g/mol. The molecule has 1 heterocycles. The Morgan fingerprint density at radius 3 is 2.68 bits per heavy atom. The van der Waals surface area contributed by atoms with Crippen LogP contribution in [0.4, 0.5) is 0 Å². The summed E-state index contributed by atoms with van der Waals surface area (Å²) in [7, 11) is -1.81. The molecule has 1 aliphatic rings. The van der Waals surface area contributed by atoms with Gasteiger partial charge in [-0.05, 0) is 32.6 Å². The van der Waals surface area contributed by atoms with Gasteiger partial charge in [-0.2, -0.15) is 22.5 Å². The predicted octanol–water partition coefficient (Wildman–Crippen LogP) is 0.231. The summed E-state index contributed by atoms with van der Waals surface area (Å²) in [6.07, 6.45) is 5.24. The second kappa shape index (κ2) is 5.56.